The van der Waals surface area contributed by atoms with Crippen LogP contribution in [0.2, 0.25) is 0 Å². The molecule has 0 aromatic heterocycles. The van der Waals surface area contributed by atoms with E-state index in [1.807, 2.05) is 41.3 Å². The first-order valence-electron chi connectivity index (χ1n) is 9.64. The third-order valence-electron chi connectivity index (χ3n) is 5.48. The van der Waals surface area contributed by atoms with Gasteiger partial charge in [0.1, 0.15) is 5.75 Å². The first-order chi connectivity index (χ1) is 13.3. The fourth-order valence-electron chi connectivity index (χ4n) is 4.09. The highest BCUT2D eigenvalue weighted by Gasteiger charge is 2.32. The monoisotopic (exact) mass is 366 g/mol. The smallest absolute Gasteiger partial charge is 0.256 e. The van der Waals surface area contributed by atoms with Crippen molar-refractivity contribution in [2.45, 2.75) is 18.9 Å². The summed E-state index contributed by atoms with van der Waals surface area (Å²) in [7, 11) is 1.68. The van der Waals surface area contributed by atoms with E-state index in [9.17, 15) is 4.79 Å². The molecule has 0 bridgehead atoms. The van der Waals surface area contributed by atoms with Crippen molar-refractivity contribution in [3.8, 4) is 5.75 Å². The summed E-state index contributed by atoms with van der Waals surface area (Å²) in [5.74, 6) is 0.947. The van der Waals surface area contributed by atoms with Gasteiger partial charge in [0.05, 0.1) is 31.9 Å². The molecule has 5 heteroatoms. The van der Waals surface area contributed by atoms with E-state index in [0.717, 1.165) is 55.0 Å². The molecule has 2 heterocycles. The Kier molecular flexibility index (Phi) is 5.30. The van der Waals surface area contributed by atoms with Gasteiger partial charge in [-0.15, -0.1) is 0 Å². The van der Waals surface area contributed by atoms with Crippen LogP contribution in [-0.4, -0.2) is 50.8 Å². The molecule has 2 saturated heterocycles. The van der Waals surface area contributed by atoms with E-state index < -0.39 is 0 Å². The van der Waals surface area contributed by atoms with Crippen molar-refractivity contribution in [2.75, 3.05) is 44.9 Å². The lowest BCUT2D eigenvalue weighted by atomic mass is 10.0. The first-order valence-corrected chi connectivity index (χ1v) is 9.64. The molecular formula is C22H26N2O3. The van der Waals surface area contributed by atoms with Crippen LogP contribution in [0.4, 0.5) is 5.69 Å². The van der Waals surface area contributed by atoms with E-state index in [1.54, 1.807) is 7.11 Å². The summed E-state index contributed by atoms with van der Waals surface area (Å²) in [6.45, 7) is 3.85. The van der Waals surface area contributed by atoms with Gasteiger partial charge >= 0.3 is 0 Å². The number of nitrogens with zero attached hydrogens (tertiary/aromatic N) is 2. The Morgan fingerprint density at radius 3 is 2.70 bits per heavy atom. The van der Waals surface area contributed by atoms with Crippen molar-refractivity contribution in [1.82, 2.24) is 4.90 Å². The lowest BCUT2D eigenvalue weighted by Crippen LogP contribution is -2.38. The highest BCUT2D eigenvalue weighted by molar-refractivity contribution is 6.00. The Morgan fingerprint density at radius 2 is 1.89 bits per heavy atom. The molecule has 1 atom stereocenters. The maximum atomic E-state index is 13.5. The summed E-state index contributed by atoms with van der Waals surface area (Å²) in [6.07, 6.45) is 2.01. The zero-order valence-electron chi connectivity index (χ0n) is 15.8. The summed E-state index contributed by atoms with van der Waals surface area (Å²) in [6, 6.07) is 16.1. The number of rotatable bonds is 4. The third-order valence-corrected chi connectivity index (χ3v) is 5.48. The van der Waals surface area contributed by atoms with Gasteiger partial charge in [0.15, 0.2) is 0 Å². The minimum Gasteiger partial charge on any atom is -0.497 e. The zero-order chi connectivity index (χ0) is 18.6. The van der Waals surface area contributed by atoms with Gasteiger partial charge in [0.25, 0.3) is 5.91 Å². The largest absolute Gasteiger partial charge is 0.497 e. The minimum absolute atomic E-state index is 0.102. The highest BCUT2D eigenvalue weighted by atomic mass is 16.5. The van der Waals surface area contributed by atoms with E-state index in [2.05, 4.69) is 17.0 Å². The number of ether oxygens (including phenoxy) is 2. The van der Waals surface area contributed by atoms with Gasteiger partial charge in [0.2, 0.25) is 0 Å². The topological polar surface area (TPSA) is 42.0 Å². The van der Waals surface area contributed by atoms with Crippen molar-refractivity contribution in [1.29, 1.82) is 0 Å². The number of carbonyl (C=O) groups is 1. The molecule has 2 fully saturated rings. The summed E-state index contributed by atoms with van der Waals surface area (Å²) >= 11 is 0. The van der Waals surface area contributed by atoms with E-state index in [1.165, 1.54) is 0 Å². The molecule has 1 amide bonds. The van der Waals surface area contributed by atoms with Crippen LogP contribution in [0.15, 0.2) is 48.5 Å². The van der Waals surface area contributed by atoms with Crippen LogP contribution >= 0.6 is 0 Å². The second kappa shape index (κ2) is 8.01. The van der Waals surface area contributed by atoms with Crippen LogP contribution in [0.25, 0.3) is 0 Å². The van der Waals surface area contributed by atoms with Crippen LogP contribution in [0, 0.1) is 0 Å². The Morgan fingerprint density at radius 1 is 1.07 bits per heavy atom. The molecule has 5 nitrogen and oxygen atoms in total. The van der Waals surface area contributed by atoms with Gasteiger partial charge in [-0.2, -0.15) is 0 Å². The molecule has 0 spiro atoms. The summed E-state index contributed by atoms with van der Waals surface area (Å²) in [5.41, 5.74) is 2.94. The quantitative estimate of drug-likeness (QED) is 0.830. The summed E-state index contributed by atoms with van der Waals surface area (Å²) in [4.78, 5) is 17.8. The molecule has 0 saturated carbocycles. The molecule has 2 aromatic carbocycles. The molecule has 2 aliphatic heterocycles. The number of hydrogen-bond acceptors (Lipinski definition) is 4. The molecular weight excluding hydrogens is 340 g/mol. The molecule has 2 aliphatic rings. The van der Waals surface area contributed by atoms with Gasteiger partial charge in [-0.05, 0) is 42.7 Å². The molecule has 27 heavy (non-hydrogen) atoms. The molecule has 0 aliphatic carbocycles. The van der Waals surface area contributed by atoms with Gasteiger partial charge in [-0.25, -0.2) is 0 Å². The van der Waals surface area contributed by atoms with E-state index >= 15 is 0 Å². The molecule has 4 rings (SSSR count). The number of amides is 1. The molecule has 0 unspecified atom stereocenters. The van der Waals surface area contributed by atoms with Crippen molar-refractivity contribution >= 4 is 11.6 Å². The number of benzene rings is 2. The molecule has 0 radical (unpaired) electrons. The number of morpholine rings is 1. The van der Waals surface area contributed by atoms with Crippen molar-refractivity contribution < 1.29 is 14.3 Å². The van der Waals surface area contributed by atoms with Gasteiger partial charge in [-0.3, -0.25) is 4.79 Å². The van der Waals surface area contributed by atoms with E-state index in [-0.39, 0.29) is 11.9 Å². The van der Waals surface area contributed by atoms with E-state index in [4.69, 9.17) is 9.47 Å². The Hall–Kier alpha value is -2.53. The first kappa shape index (κ1) is 17.9. The average molecular weight is 366 g/mol. The maximum Gasteiger partial charge on any atom is 0.256 e. The van der Waals surface area contributed by atoms with Crippen molar-refractivity contribution in [3.63, 3.8) is 0 Å². The lowest BCUT2D eigenvalue weighted by Gasteiger charge is -2.32. The highest BCUT2D eigenvalue weighted by Crippen LogP contribution is 2.36. The standard InChI is InChI=1S/C22H26N2O3/c1-26-18-7-4-6-17(16-18)20-10-5-11-24(20)22(25)19-8-2-3-9-21(19)23-12-14-27-15-13-23/h2-4,6-9,16,20H,5,10-15H2,1H3/t20-/m1/s1. The number of methoxy groups -OCH3 is 1. The Balaban J connectivity index is 1.62. The van der Waals surface area contributed by atoms with Crippen molar-refractivity contribution in [2.24, 2.45) is 0 Å². The maximum absolute atomic E-state index is 13.5. The number of para-hydroxylation sites is 1. The Labute approximate surface area is 160 Å². The summed E-state index contributed by atoms with van der Waals surface area (Å²) < 4.78 is 10.8. The summed E-state index contributed by atoms with van der Waals surface area (Å²) in [5, 5.41) is 0. The second-order valence-corrected chi connectivity index (χ2v) is 7.05. The average Bonchev–Trinajstić information content (AvgIpc) is 3.24. The molecule has 2 aromatic rings. The van der Waals surface area contributed by atoms with Gasteiger partial charge < -0.3 is 19.3 Å². The number of carbonyl (C=O) groups excluding carboxylic acids is 1. The SMILES string of the molecule is COc1cccc([C@H]2CCCN2C(=O)c2ccccc2N2CCOCC2)c1. The van der Waals surface area contributed by atoms with E-state index in [0.29, 0.717) is 13.2 Å². The molecule has 142 valence electrons. The Bertz CT molecular complexity index is 802. The number of anilines is 1. The third kappa shape index (κ3) is 3.65. The van der Waals surface area contributed by atoms with Crippen LogP contribution in [0.3, 0.4) is 0 Å². The van der Waals surface area contributed by atoms with Gasteiger partial charge in [-0.1, -0.05) is 24.3 Å². The van der Waals surface area contributed by atoms with Crippen LogP contribution in [0.5, 0.6) is 5.75 Å². The predicted molar refractivity (Wildman–Crippen MR) is 105 cm³/mol. The van der Waals surface area contributed by atoms with Crippen LogP contribution in [0.1, 0.15) is 34.8 Å². The lowest BCUT2D eigenvalue weighted by molar-refractivity contribution is 0.0735. The minimum atomic E-state index is 0.102. The van der Waals surface area contributed by atoms with Crippen molar-refractivity contribution in [3.05, 3.63) is 59.7 Å². The fraction of sp³-hybridized carbons (Fsp3) is 0.409. The number of likely N-dealkylation sites (tertiary alicyclic amines) is 1. The second-order valence-electron chi connectivity index (χ2n) is 7.05. The van der Waals surface area contributed by atoms with Crippen LogP contribution in [-0.2, 0) is 4.74 Å². The number of hydrogen-bond donors (Lipinski definition) is 0. The zero-order valence-corrected chi connectivity index (χ0v) is 15.8. The fourth-order valence-corrected chi connectivity index (χ4v) is 4.09. The van der Waals surface area contributed by atoms with Gasteiger partial charge in [0, 0.05) is 25.3 Å². The normalized spacial score (nSPS) is 20.0. The molecule has 0 N–H and O–H groups in total. The predicted octanol–water partition coefficient (Wildman–Crippen LogP) is 3.51. The van der Waals surface area contributed by atoms with Crippen LogP contribution < -0.4 is 9.64 Å².